The fourth-order valence-electron chi connectivity index (χ4n) is 1.90. The summed E-state index contributed by atoms with van der Waals surface area (Å²) >= 11 is 5.95. The molecule has 0 unspecified atom stereocenters. The third-order valence-corrected chi connectivity index (χ3v) is 3.39. The number of hydrogen-bond acceptors (Lipinski definition) is 2. The Kier molecular flexibility index (Phi) is 2.79. The van der Waals surface area contributed by atoms with Gasteiger partial charge in [0.05, 0.1) is 12.2 Å². The van der Waals surface area contributed by atoms with Crippen molar-refractivity contribution < 1.29 is 4.74 Å². The van der Waals surface area contributed by atoms with Crippen LogP contribution in [0.5, 0.6) is 5.75 Å². The van der Waals surface area contributed by atoms with Crippen molar-refractivity contribution in [2.24, 2.45) is 0 Å². The molecular weight excluding hydrogens is 210 g/mol. The molecule has 15 heavy (non-hydrogen) atoms. The van der Waals surface area contributed by atoms with E-state index in [1.165, 1.54) is 0 Å². The summed E-state index contributed by atoms with van der Waals surface area (Å²) in [5.74, 6) is 0.873. The quantitative estimate of drug-likeness (QED) is 0.829. The average molecular weight is 226 g/mol. The van der Waals surface area contributed by atoms with E-state index in [0.717, 1.165) is 35.8 Å². The zero-order valence-corrected chi connectivity index (χ0v) is 9.90. The Hall–Kier alpha value is -0.890. The molecule has 1 aliphatic rings. The van der Waals surface area contributed by atoms with E-state index in [1.54, 1.807) is 0 Å². The lowest BCUT2D eigenvalue weighted by Crippen LogP contribution is -2.44. The van der Waals surface area contributed by atoms with Crippen molar-refractivity contribution in [1.29, 1.82) is 0 Å². The number of rotatable bonds is 2. The van der Waals surface area contributed by atoms with Crippen LogP contribution in [-0.4, -0.2) is 12.1 Å². The molecule has 1 heterocycles. The van der Waals surface area contributed by atoms with Gasteiger partial charge in [-0.25, -0.2) is 0 Å². The summed E-state index contributed by atoms with van der Waals surface area (Å²) in [6.45, 7) is 5.18. The van der Waals surface area contributed by atoms with E-state index in [2.05, 4.69) is 19.2 Å². The maximum atomic E-state index is 6.05. The fourth-order valence-corrected chi connectivity index (χ4v) is 2.06. The molecule has 0 saturated heterocycles. The zero-order chi connectivity index (χ0) is 10.9. The number of benzene rings is 1. The predicted molar refractivity (Wildman–Crippen MR) is 63.9 cm³/mol. The molecule has 2 rings (SSSR count). The van der Waals surface area contributed by atoms with Crippen LogP contribution in [0.1, 0.15) is 26.7 Å². The van der Waals surface area contributed by atoms with Crippen molar-refractivity contribution in [2.75, 3.05) is 11.9 Å². The second-order valence-corrected chi connectivity index (χ2v) is 4.42. The first-order valence-electron chi connectivity index (χ1n) is 5.41. The Morgan fingerprint density at radius 2 is 2.13 bits per heavy atom. The molecule has 0 spiro atoms. The molecular formula is C12H16ClNO. The Morgan fingerprint density at radius 1 is 1.40 bits per heavy atom. The first-order valence-corrected chi connectivity index (χ1v) is 5.79. The van der Waals surface area contributed by atoms with E-state index < -0.39 is 0 Å². The SMILES string of the molecule is CCC1(CC)CNc2ccc(Cl)cc2O1. The van der Waals surface area contributed by atoms with E-state index in [-0.39, 0.29) is 5.60 Å². The molecule has 0 bridgehead atoms. The molecule has 0 saturated carbocycles. The van der Waals surface area contributed by atoms with Crippen molar-refractivity contribution in [3.05, 3.63) is 23.2 Å². The van der Waals surface area contributed by atoms with E-state index in [0.29, 0.717) is 0 Å². The molecule has 1 aromatic carbocycles. The lowest BCUT2D eigenvalue weighted by atomic mass is 9.95. The number of ether oxygens (including phenoxy) is 1. The first-order chi connectivity index (χ1) is 7.19. The van der Waals surface area contributed by atoms with E-state index in [4.69, 9.17) is 16.3 Å². The van der Waals surface area contributed by atoms with Crippen molar-refractivity contribution >= 4 is 17.3 Å². The second-order valence-electron chi connectivity index (χ2n) is 3.99. The Labute approximate surface area is 95.6 Å². The molecule has 1 aromatic rings. The first kappa shape index (κ1) is 10.6. The highest BCUT2D eigenvalue weighted by atomic mass is 35.5. The van der Waals surface area contributed by atoms with E-state index in [1.807, 2.05) is 18.2 Å². The van der Waals surface area contributed by atoms with Gasteiger partial charge in [0.1, 0.15) is 11.4 Å². The maximum Gasteiger partial charge on any atom is 0.144 e. The molecule has 82 valence electrons. The lowest BCUT2D eigenvalue weighted by molar-refractivity contribution is 0.0671. The molecule has 0 amide bonds. The standard InChI is InChI=1S/C12H16ClNO/c1-3-12(4-2)8-14-10-6-5-9(13)7-11(10)15-12/h5-7,14H,3-4,8H2,1-2H3. The van der Waals surface area contributed by atoms with Gasteiger partial charge in [0, 0.05) is 11.1 Å². The minimum absolute atomic E-state index is 0.0717. The highest BCUT2D eigenvalue weighted by Crippen LogP contribution is 2.37. The predicted octanol–water partition coefficient (Wildman–Crippen LogP) is 3.70. The molecule has 2 nitrogen and oxygen atoms in total. The van der Waals surface area contributed by atoms with E-state index in [9.17, 15) is 0 Å². The molecule has 0 atom stereocenters. The number of fused-ring (bicyclic) bond motifs is 1. The highest BCUT2D eigenvalue weighted by molar-refractivity contribution is 6.30. The minimum Gasteiger partial charge on any atom is -0.483 e. The molecule has 0 aromatic heterocycles. The van der Waals surface area contributed by atoms with Gasteiger partial charge in [0.2, 0.25) is 0 Å². The summed E-state index contributed by atoms with van der Waals surface area (Å²) in [5.41, 5.74) is 0.967. The van der Waals surface area contributed by atoms with Crippen LogP contribution < -0.4 is 10.1 Å². The van der Waals surface area contributed by atoms with Gasteiger partial charge in [0.25, 0.3) is 0 Å². The number of hydrogen-bond donors (Lipinski definition) is 1. The molecule has 1 aliphatic heterocycles. The maximum absolute atomic E-state index is 6.05. The van der Waals surface area contributed by atoms with Gasteiger partial charge in [-0.05, 0) is 25.0 Å². The highest BCUT2D eigenvalue weighted by Gasteiger charge is 2.32. The van der Waals surface area contributed by atoms with E-state index >= 15 is 0 Å². The third kappa shape index (κ3) is 1.91. The normalized spacial score (nSPS) is 17.5. The van der Waals surface area contributed by atoms with Crippen molar-refractivity contribution in [3.8, 4) is 5.75 Å². The Balaban J connectivity index is 2.32. The van der Waals surface area contributed by atoms with Crippen LogP contribution in [0.15, 0.2) is 18.2 Å². The minimum atomic E-state index is -0.0717. The molecule has 0 radical (unpaired) electrons. The topological polar surface area (TPSA) is 21.3 Å². The van der Waals surface area contributed by atoms with Gasteiger partial charge in [-0.15, -0.1) is 0 Å². The fraction of sp³-hybridized carbons (Fsp3) is 0.500. The van der Waals surface area contributed by atoms with Crippen LogP contribution in [0.2, 0.25) is 5.02 Å². The van der Waals surface area contributed by atoms with Crippen LogP contribution in [0.3, 0.4) is 0 Å². The van der Waals surface area contributed by atoms with Gasteiger partial charge in [0.15, 0.2) is 0 Å². The monoisotopic (exact) mass is 225 g/mol. The van der Waals surface area contributed by atoms with Gasteiger partial charge >= 0.3 is 0 Å². The lowest BCUT2D eigenvalue weighted by Gasteiger charge is -2.38. The van der Waals surface area contributed by atoms with Crippen molar-refractivity contribution in [2.45, 2.75) is 32.3 Å². The van der Waals surface area contributed by atoms with Crippen molar-refractivity contribution in [3.63, 3.8) is 0 Å². The molecule has 3 heteroatoms. The van der Waals surface area contributed by atoms with Crippen LogP contribution in [-0.2, 0) is 0 Å². The number of halogens is 1. The Morgan fingerprint density at radius 3 is 2.80 bits per heavy atom. The Bertz CT molecular complexity index is 361. The average Bonchev–Trinajstić information content (AvgIpc) is 2.28. The number of nitrogens with one attached hydrogen (secondary N) is 1. The summed E-state index contributed by atoms with van der Waals surface area (Å²) in [7, 11) is 0. The van der Waals surface area contributed by atoms with Gasteiger partial charge in [-0.2, -0.15) is 0 Å². The number of anilines is 1. The molecule has 1 N–H and O–H groups in total. The summed E-state index contributed by atoms with van der Waals surface area (Å²) in [5, 5.41) is 4.12. The largest absolute Gasteiger partial charge is 0.483 e. The molecule has 0 fully saturated rings. The van der Waals surface area contributed by atoms with Gasteiger partial charge in [-0.3, -0.25) is 0 Å². The second kappa shape index (κ2) is 3.93. The van der Waals surface area contributed by atoms with Crippen LogP contribution in [0, 0.1) is 0 Å². The smallest absolute Gasteiger partial charge is 0.144 e. The summed E-state index contributed by atoms with van der Waals surface area (Å²) < 4.78 is 6.05. The zero-order valence-electron chi connectivity index (χ0n) is 9.14. The van der Waals surface area contributed by atoms with Crippen LogP contribution >= 0.6 is 11.6 Å². The summed E-state index contributed by atoms with van der Waals surface area (Å²) in [6, 6.07) is 5.72. The van der Waals surface area contributed by atoms with Gasteiger partial charge in [-0.1, -0.05) is 25.4 Å². The van der Waals surface area contributed by atoms with Crippen LogP contribution in [0.4, 0.5) is 5.69 Å². The van der Waals surface area contributed by atoms with Gasteiger partial charge < -0.3 is 10.1 Å². The summed E-state index contributed by atoms with van der Waals surface area (Å²) in [4.78, 5) is 0. The van der Waals surface area contributed by atoms with Crippen molar-refractivity contribution in [1.82, 2.24) is 0 Å². The summed E-state index contributed by atoms with van der Waals surface area (Å²) in [6.07, 6.45) is 2.00. The van der Waals surface area contributed by atoms with Crippen LogP contribution in [0.25, 0.3) is 0 Å². The molecule has 0 aliphatic carbocycles. The third-order valence-electron chi connectivity index (χ3n) is 3.16.